The minimum Gasteiger partial charge on any atom is -0.493 e. The van der Waals surface area contributed by atoms with Crippen LogP contribution in [0.4, 0.5) is 5.82 Å². The van der Waals surface area contributed by atoms with Gasteiger partial charge < -0.3 is 10.1 Å². The molecule has 0 aliphatic rings. The minimum atomic E-state index is -0.205. The molecule has 1 aromatic carbocycles. The molecule has 2 N–H and O–H groups in total. The fourth-order valence-electron chi connectivity index (χ4n) is 2.82. The van der Waals surface area contributed by atoms with Crippen LogP contribution in [0.5, 0.6) is 5.75 Å². The maximum absolute atomic E-state index is 12.5. The van der Waals surface area contributed by atoms with E-state index in [0.717, 1.165) is 6.42 Å². The lowest BCUT2D eigenvalue weighted by molar-refractivity contribution is -0.115. The summed E-state index contributed by atoms with van der Waals surface area (Å²) in [7, 11) is 0. The number of nitrogens with one attached hydrogen (secondary N) is 2. The summed E-state index contributed by atoms with van der Waals surface area (Å²) in [5, 5.41) is 10.7. The van der Waals surface area contributed by atoms with Gasteiger partial charge in [0.1, 0.15) is 22.9 Å². The molecule has 0 radical (unpaired) electrons. The zero-order valence-electron chi connectivity index (χ0n) is 16.6. The molecule has 3 aromatic heterocycles. The molecule has 0 atom stereocenters. The van der Waals surface area contributed by atoms with E-state index in [0.29, 0.717) is 34.1 Å². The number of H-pyrrole nitrogens is 1. The Morgan fingerprint density at radius 1 is 1.06 bits per heavy atom. The number of aromatic amines is 1. The molecule has 0 aliphatic carbocycles. The van der Waals surface area contributed by atoms with E-state index in [1.54, 1.807) is 24.4 Å². The number of aromatic nitrogens is 5. The van der Waals surface area contributed by atoms with Crippen molar-refractivity contribution in [1.29, 1.82) is 0 Å². The largest absolute Gasteiger partial charge is 0.493 e. The predicted octanol–water partition coefficient (Wildman–Crippen LogP) is 3.55. The molecule has 1 amide bonds. The summed E-state index contributed by atoms with van der Waals surface area (Å²) in [4.78, 5) is 25.3. The Bertz CT molecular complexity index is 1110. The number of benzene rings is 1. The number of hydrogen-bond acceptors (Lipinski definition) is 7. The van der Waals surface area contributed by atoms with E-state index in [9.17, 15) is 4.79 Å². The number of hydrogen-bond donors (Lipinski definition) is 2. The number of anilines is 1. The fraction of sp³-hybridized carbons (Fsp3) is 0.136. The molecule has 31 heavy (non-hydrogen) atoms. The first-order valence-corrected chi connectivity index (χ1v) is 10.5. The second-order valence-corrected chi connectivity index (χ2v) is 7.56. The molecule has 8 nitrogen and oxygen atoms in total. The van der Waals surface area contributed by atoms with Crippen LogP contribution < -0.4 is 10.1 Å². The maximum atomic E-state index is 12.5. The summed E-state index contributed by atoms with van der Waals surface area (Å²) in [5.41, 5.74) is 1.79. The third-order valence-electron chi connectivity index (χ3n) is 4.20. The van der Waals surface area contributed by atoms with Crippen molar-refractivity contribution in [3.05, 3.63) is 84.4 Å². The molecular weight excluding hydrogens is 412 g/mol. The summed E-state index contributed by atoms with van der Waals surface area (Å²) >= 11 is 1.32. The number of nitrogens with zero attached hydrogens (tertiary/aromatic N) is 4. The van der Waals surface area contributed by atoms with Gasteiger partial charge in [-0.25, -0.2) is 15.0 Å². The monoisotopic (exact) mass is 432 g/mol. The van der Waals surface area contributed by atoms with Gasteiger partial charge in [0.25, 0.3) is 0 Å². The van der Waals surface area contributed by atoms with Crippen molar-refractivity contribution >= 4 is 23.5 Å². The Kier molecular flexibility index (Phi) is 6.86. The Labute approximate surface area is 183 Å². The predicted molar refractivity (Wildman–Crippen MR) is 117 cm³/mol. The fourth-order valence-corrected chi connectivity index (χ4v) is 3.56. The van der Waals surface area contributed by atoms with Crippen LogP contribution in [-0.4, -0.2) is 37.7 Å². The lowest BCUT2D eigenvalue weighted by Gasteiger charge is -2.10. The summed E-state index contributed by atoms with van der Waals surface area (Å²) < 4.78 is 5.97. The Hall–Kier alpha value is -3.72. The number of carbonyl (C=O) groups is 1. The molecule has 0 saturated carbocycles. The highest BCUT2D eigenvalue weighted by molar-refractivity contribution is 7.99. The number of ether oxygens (including phenoxy) is 1. The van der Waals surface area contributed by atoms with Crippen LogP contribution in [0.25, 0.3) is 0 Å². The molecule has 0 bridgehead atoms. The van der Waals surface area contributed by atoms with Gasteiger partial charge in [-0.2, -0.15) is 5.10 Å². The number of carbonyl (C=O) groups excluding carboxylic acids is 1. The van der Waals surface area contributed by atoms with E-state index >= 15 is 0 Å². The van der Waals surface area contributed by atoms with E-state index in [1.807, 2.05) is 30.3 Å². The van der Waals surface area contributed by atoms with Crippen molar-refractivity contribution in [3.8, 4) is 5.75 Å². The summed E-state index contributed by atoms with van der Waals surface area (Å²) in [6.45, 7) is 0.514. The van der Waals surface area contributed by atoms with Crippen LogP contribution in [0, 0.1) is 0 Å². The lowest BCUT2D eigenvalue weighted by atomic mass is 10.2. The van der Waals surface area contributed by atoms with Crippen LogP contribution in [-0.2, 0) is 17.6 Å². The van der Waals surface area contributed by atoms with Gasteiger partial charge >= 0.3 is 0 Å². The zero-order valence-corrected chi connectivity index (χ0v) is 17.4. The Balaban J connectivity index is 1.46. The van der Waals surface area contributed by atoms with E-state index in [1.165, 1.54) is 23.7 Å². The highest BCUT2D eigenvalue weighted by atomic mass is 32.2. The van der Waals surface area contributed by atoms with Crippen molar-refractivity contribution in [2.75, 3.05) is 11.9 Å². The van der Waals surface area contributed by atoms with E-state index < -0.39 is 0 Å². The molecule has 156 valence electrons. The minimum absolute atomic E-state index is 0.0937. The van der Waals surface area contributed by atoms with Crippen LogP contribution in [0.1, 0.15) is 11.3 Å². The van der Waals surface area contributed by atoms with Crippen LogP contribution in [0.2, 0.25) is 0 Å². The Morgan fingerprint density at radius 3 is 2.71 bits per heavy atom. The average molecular weight is 433 g/mol. The summed E-state index contributed by atoms with van der Waals surface area (Å²) in [6, 6.07) is 19.1. The molecule has 0 aliphatic heterocycles. The van der Waals surface area contributed by atoms with Gasteiger partial charge in [0.05, 0.1) is 18.7 Å². The molecule has 4 rings (SSSR count). The van der Waals surface area contributed by atoms with E-state index in [2.05, 4.69) is 42.6 Å². The van der Waals surface area contributed by atoms with Gasteiger partial charge in [-0.1, -0.05) is 36.4 Å². The lowest BCUT2D eigenvalue weighted by Crippen LogP contribution is -2.16. The quantitative estimate of drug-likeness (QED) is 0.417. The first-order valence-electron chi connectivity index (χ1n) is 9.66. The summed E-state index contributed by atoms with van der Waals surface area (Å²) in [5.74, 6) is 0.941. The second kappa shape index (κ2) is 10.4. The van der Waals surface area contributed by atoms with Crippen LogP contribution in [0.3, 0.4) is 0 Å². The van der Waals surface area contributed by atoms with Gasteiger partial charge in [-0.15, -0.1) is 0 Å². The molecule has 0 unspecified atom stereocenters. The van der Waals surface area contributed by atoms with E-state index in [-0.39, 0.29) is 12.3 Å². The second-order valence-electron chi connectivity index (χ2n) is 6.55. The van der Waals surface area contributed by atoms with E-state index in [4.69, 9.17) is 4.74 Å². The highest BCUT2D eigenvalue weighted by Crippen LogP contribution is 2.27. The van der Waals surface area contributed by atoms with Gasteiger partial charge in [0.15, 0.2) is 5.16 Å². The molecule has 3 heterocycles. The normalized spacial score (nSPS) is 10.6. The van der Waals surface area contributed by atoms with Crippen molar-refractivity contribution in [2.24, 2.45) is 0 Å². The van der Waals surface area contributed by atoms with Gasteiger partial charge in [-0.05, 0) is 29.5 Å². The SMILES string of the molecule is O=C(Cc1cc(OCCc2ccccc2)cc(Sc2ncn[nH]2)n1)Nc1ccccn1. The topological polar surface area (TPSA) is 106 Å². The molecule has 9 heteroatoms. The zero-order chi connectivity index (χ0) is 21.3. The van der Waals surface area contributed by atoms with Crippen molar-refractivity contribution in [1.82, 2.24) is 25.1 Å². The third kappa shape index (κ3) is 6.38. The maximum Gasteiger partial charge on any atom is 0.231 e. The number of amides is 1. The van der Waals surface area contributed by atoms with Gasteiger partial charge in [-0.3, -0.25) is 9.89 Å². The highest BCUT2D eigenvalue weighted by Gasteiger charge is 2.12. The standard InChI is InChI=1S/C22H20N6O2S/c29-20(27-19-8-4-5-10-23-19)13-17-12-18(30-11-9-16-6-2-1-3-7-16)14-21(26-17)31-22-24-15-25-28-22/h1-8,10,12,14-15H,9,11,13H2,(H,23,27,29)(H,24,25,28). The third-order valence-corrected chi connectivity index (χ3v) is 5.01. The van der Waals surface area contributed by atoms with Gasteiger partial charge in [0.2, 0.25) is 5.91 Å². The molecule has 0 saturated heterocycles. The number of rotatable bonds is 9. The van der Waals surface area contributed by atoms with Gasteiger partial charge in [0, 0.05) is 24.8 Å². The first kappa shape index (κ1) is 20.5. The average Bonchev–Trinajstić information content (AvgIpc) is 3.28. The number of pyridine rings is 2. The van der Waals surface area contributed by atoms with Crippen LogP contribution >= 0.6 is 11.8 Å². The first-order chi connectivity index (χ1) is 15.2. The van der Waals surface area contributed by atoms with Crippen molar-refractivity contribution in [2.45, 2.75) is 23.0 Å². The molecular formula is C22H20N6O2S. The molecule has 0 fully saturated rings. The molecule has 0 spiro atoms. The Morgan fingerprint density at radius 2 is 1.94 bits per heavy atom. The molecule has 4 aromatic rings. The smallest absolute Gasteiger partial charge is 0.231 e. The van der Waals surface area contributed by atoms with Crippen molar-refractivity contribution < 1.29 is 9.53 Å². The van der Waals surface area contributed by atoms with Crippen LogP contribution in [0.15, 0.2) is 83.4 Å². The van der Waals surface area contributed by atoms with Crippen molar-refractivity contribution in [3.63, 3.8) is 0 Å². The summed E-state index contributed by atoms with van der Waals surface area (Å²) in [6.07, 6.45) is 3.94.